The first-order valence-corrected chi connectivity index (χ1v) is 22.4. The Morgan fingerprint density at radius 3 is 1.45 bits per heavy atom. The number of nitrogens with zero attached hydrogens (tertiary/aromatic N) is 5. The van der Waals surface area contributed by atoms with Crippen LogP contribution in [0.4, 0.5) is 0 Å². The van der Waals surface area contributed by atoms with Crippen LogP contribution in [0.15, 0.2) is 237 Å². The van der Waals surface area contributed by atoms with Gasteiger partial charge in [0.2, 0.25) is 0 Å². The van der Waals surface area contributed by atoms with E-state index in [1.807, 2.05) is 6.07 Å². The minimum Gasteiger partial charge on any atom is -0.307 e. The summed E-state index contributed by atoms with van der Waals surface area (Å²) >= 11 is 0. The second-order valence-electron chi connectivity index (χ2n) is 16.7. The number of fused-ring (bicyclic) bond motifs is 7. The molecule has 3 aromatic heterocycles. The van der Waals surface area contributed by atoms with Crippen LogP contribution < -0.4 is 0 Å². The SMILES string of the molecule is c1ccc(-c2ccccc2-c2nc(-c3ccc4ccccc4c3)nc(-c3cccc4c5ccccc5n(-c5cccc6c7ccccc7n(-c7ccccc7-c7ccccc7)c56)c34)n2)cc1. The Bertz CT molecular complexity index is 4000. The molecule has 13 rings (SSSR count). The molecule has 10 aromatic carbocycles. The molecule has 0 saturated carbocycles. The molecule has 0 saturated heterocycles. The van der Waals surface area contributed by atoms with Crippen molar-refractivity contribution >= 4 is 54.4 Å². The minimum atomic E-state index is 0.600. The topological polar surface area (TPSA) is 48.5 Å². The lowest BCUT2D eigenvalue weighted by atomic mass is 9.99. The van der Waals surface area contributed by atoms with Crippen molar-refractivity contribution in [2.45, 2.75) is 0 Å². The monoisotopic (exact) mass is 841 g/mol. The maximum atomic E-state index is 5.47. The second-order valence-corrected chi connectivity index (χ2v) is 16.7. The molecule has 5 heteroatoms. The third-order valence-electron chi connectivity index (χ3n) is 13.0. The molecule has 0 atom stereocenters. The fraction of sp³-hybridized carbons (Fsp3) is 0. The van der Waals surface area contributed by atoms with Crippen molar-refractivity contribution in [2.75, 3.05) is 0 Å². The Kier molecular flexibility index (Phi) is 8.78. The molecule has 0 N–H and O–H groups in total. The van der Waals surface area contributed by atoms with E-state index in [1.54, 1.807) is 0 Å². The van der Waals surface area contributed by atoms with E-state index in [9.17, 15) is 0 Å². The Hall–Kier alpha value is -8.93. The van der Waals surface area contributed by atoms with E-state index in [0.29, 0.717) is 17.5 Å². The van der Waals surface area contributed by atoms with Crippen molar-refractivity contribution in [2.24, 2.45) is 0 Å². The van der Waals surface area contributed by atoms with Gasteiger partial charge in [-0.15, -0.1) is 0 Å². The molecule has 3 heterocycles. The van der Waals surface area contributed by atoms with Crippen LogP contribution in [0.5, 0.6) is 0 Å². The number of hydrogen-bond acceptors (Lipinski definition) is 3. The quantitative estimate of drug-likeness (QED) is 0.161. The zero-order valence-corrected chi connectivity index (χ0v) is 35.8. The van der Waals surface area contributed by atoms with Crippen LogP contribution in [0.3, 0.4) is 0 Å². The summed E-state index contributed by atoms with van der Waals surface area (Å²) in [6, 6.07) is 84.0. The van der Waals surface area contributed by atoms with Crippen LogP contribution in [-0.4, -0.2) is 24.1 Å². The number of aromatic nitrogens is 5. The van der Waals surface area contributed by atoms with Crippen LogP contribution >= 0.6 is 0 Å². The molecule has 0 radical (unpaired) electrons. The fourth-order valence-corrected chi connectivity index (χ4v) is 10.0. The van der Waals surface area contributed by atoms with Crippen LogP contribution in [0.1, 0.15) is 0 Å². The second kappa shape index (κ2) is 15.4. The molecule has 13 aromatic rings. The number of rotatable bonds is 7. The lowest BCUT2D eigenvalue weighted by molar-refractivity contribution is 1.07. The van der Waals surface area contributed by atoms with Gasteiger partial charge in [0, 0.05) is 43.8 Å². The summed E-state index contributed by atoms with van der Waals surface area (Å²) in [5.74, 6) is 1.83. The van der Waals surface area contributed by atoms with Crippen molar-refractivity contribution < 1.29 is 0 Å². The van der Waals surface area contributed by atoms with Crippen LogP contribution in [0.25, 0.3) is 122 Å². The molecule has 0 amide bonds. The molecule has 0 aliphatic rings. The molecule has 5 nitrogen and oxygen atoms in total. The van der Waals surface area contributed by atoms with E-state index in [4.69, 9.17) is 15.0 Å². The molecule has 66 heavy (non-hydrogen) atoms. The predicted molar refractivity (Wildman–Crippen MR) is 273 cm³/mol. The van der Waals surface area contributed by atoms with Crippen molar-refractivity contribution in [3.8, 4) is 67.8 Å². The number of para-hydroxylation sites is 5. The van der Waals surface area contributed by atoms with Gasteiger partial charge in [-0.3, -0.25) is 0 Å². The first-order chi connectivity index (χ1) is 32.8. The Morgan fingerprint density at radius 2 is 0.727 bits per heavy atom. The van der Waals surface area contributed by atoms with E-state index in [0.717, 1.165) is 93.9 Å². The highest BCUT2D eigenvalue weighted by Gasteiger charge is 2.24. The average molecular weight is 842 g/mol. The maximum Gasteiger partial charge on any atom is 0.166 e. The smallest absolute Gasteiger partial charge is 0.166 e. The van der Waals surface area contributed by atoms with Gasteiger partial charge < -0.3 is 9.13 Å². The molecule has 0 spiro atoms. The summed E-state index contributed by atoms with van der Waals surface area (Å²) in [6.07, 6.45) is 0. The minimum absolute atomic E-state index is 0.600. The van der Waals surface area contributed by atoms with Gasteiger partial charge in [-0.2, -0.15) is 0 Å². The van der Waals surface area contributed by atoms with E-state index < -0.39 is 0 Å². The predicted octanol–water partition coefficient (Wildman–Crippen LogP) is 15.6. The zero-order valence-electron chi connectivity index (χ0n) is 35.8. The molecule has 0 aliphatic carbocycles. The highest BCUT2D eigenvalue weighted by atomic mass is 15.1. The standard InChI is InChI=1S/C61H39N5/c1-3-20-41(21-4-1)45-25-9-10-29-51(45)60-62-59(44-38-37-40-19-7-8-24-43(40)39-44)63-61(64-60)52-32-17-30-49-47-27-12-16-35-55(47)66(57(49)52)56-36-18-31-50-48-28-13-15-34-54(48)65(58(50)56)53-33-14-11-26-46(53)42-22-5-2-6-23-42/h1-39H. The molecule has 0 bridgehead atoms. The first kappa shape index (κ1) is 37.6. The highest BCUT2D eigenvalue weighted by Crippen LogP contribution is 2.44. The Labute approximate surface area is 381 Å². The van der Waals surface area contributed by atoms with E-state index in [2.05, 4.69) is 240 Å². The third-order valence-corrected chi connectivity index (χ3v) is 13.0. The summed E-state index contributed by atoms with van der Waals surface area (Å²) in [5, 5.41) is 6.93. The van der Waals surface area contributed by atoms with E-state index >= 15 is 0 Å². The summed E-state index contributed by atoms with van der Waals surface area (Å²) < 4.78 is 4.91. The van der Waals surface area contributed by atoms with Crippen LogP contribution in [0, 0.1) is 0 Å². The normalized spacial score (nSPS) is 11.6. The lowest BCUT2D eigenvalue weighted by Crippen LogP contribution is -2.04. The fourth-order valence-electron chi connectivity index (χ4n) is 10.0. The van der Waals surface area contributed by atoms with Gasteiger partial charge in [0.15, 0.2) is 17.5 Å². The molecule has 308 valence electrons. The molecular weight excluding hydrogens is 803 g/mol. The molecule has 0 aliphatic heterocycles. The van der Waals surface area contributed by atoms with Crippen molar-refractivity contribution in [3.05, 3.63) is 237 Å². The van der Waals surface area contributed by atoms with Crippen LogP contribution in [0.2, 0.25) is 0 Å². The summed E-state index contributed by atoms with van der Waals surface area (Å²) in [5.41, 5.74) is 13.8. The van der Waals surface area contributed by atoms with Gasteiger partial charge in [0.1, 0.15) is 0 Å². The van der Waals surface area contributed by atoms with Gasteiger partial charge >= 0.3 is 0 Å². The summed E-state index contributed by atoms with van der Waals surface area (Å²) in [4.78, 5) is 16.2. The maximum absolute atomic E-state index is 5.47. The Morgan fingerprint density at radius 1 is 0.258 bits per heavy atom. The van der Waals surface area contributed by atoms with Gasteiger partial charge in [0.05, 0.1) is 33.4 Å². The van der Waals surface area contributed by atoms with E-state index in [-0.39, 0.29) is 0 Å². The first-order valence-electron chi connectivity index (χ1n) is 22.4. The molecular formula is C61H39N5. The average Bonchev–Trinajstić information content (AvgIpc) is 3.92. The zero-order chi connectivity index (χ0) is 43.6. The van der Waals surface area contributed by atoms with Gasteiger partial charge in [-0.05, 0) is 63.9 Å². The largest absolute Gasteiger partial charge is 0.307 e. The summed E-state index contributed by atoms with van der Waals surface area (Å²) in [7, 11) is 0. The molecule has 0 unspecified atom stereocenters. The number of hydrogen-bond donors (Lipinski definition) is 0. The van der Waals surface area contributed by atoms with Gasteiger partial charge in [-0.1, -0.05) is 200 Å². The Balaban J connectivity index is 1.13. The lowest BCUT2D eigenvalue weighted by Gasteiger charge is -2.18. The van der Waals surface area contributed by atoms with Crippen molar-refractivity contribution in [3.63, 3.8) is 0 Å². The number of benzene rings is 10. The third kappa shape index (κ3) is 6.05. The van der Waals surface area contributed by atoms with Crippen molar-refractivity contribution in [1.29, 1.82) is 0 Å². The van der Waals surface area contributed by atoms with Gasteiger partial charge in [0.25, 0.3) is 0 Å². The van der Waals surface area contributed by atoms with Crippen LogP contribution in [-0.2, 0) is 0 Å². The van der Waals surface area contributed by atoms with E-state index in [1.165, 1.54) is 10.8 Å². The molecule has 0 fully saturated rings. The van der Waals surface area contributed by atoms with Crippen molar-refractivity contribution in [1.82, 2.24) is 24.1 Å². The van der Waals surface area contributed by atoms with Gasteiger partial charge in [-0.25, -0.2) is 15.0 Å². The summed E-state index contributed by atoms with van der Waals surface area (Å²) in [6.45, 7) is 0. The highest BCUT2D eigenvalue weighted by molar-refractivity contribution is 6.17.